The number of amides is 2. The SMILES string of the molecule is Cc1ccc(C(NC(=O)N2CCOC(CN(C)CC(=O)O)C2)C2CC2)cc1. The number of likely N-dealkylation sites (N-methyl/N-ethyl adjacent to an activating group) is 1. The summed E-state index contributed by atoms with van der Waals surface area (Å²) in [6, 6.07) is 8.35. The second-order valence-electron chi connectivity index (χ2n) is 7.70. The summed E-state index contributed by atoms with van der Waals surface area (Å²) in [5.41, 5.74) is 2.36. The first-order valence-corrected chi connectivity index (χ1v) is 9.56. The van der Waals surface area contributed by atoms with Crippen LogP contribution in [0.25, 0.3) is 0 Å². The molecule has 0 radical (unpaired) electrons. The summed E-state index contributed by atoms with van der Waals surface area (Å²) >= 11 is 0. The largest absolute Gasteiger partial charge is 0.480 e. The fourth-order valence-corrected chi connectivity index (χ4v) is 3.56. The van der Waals surface area contributed by atoms with Crippen molar-refractivity contribution in [3.63, 3.8) is 0 Å². The molecule has 2 atom stereocenters. The number of nitrogens with one attached hydrogen (secondary N) is 1. The Labute approximate surface area is 160 Å². The lowest BCUT2D eigenvalue weighted by Crippen LogP contribution is -2.53. The number of nitrogens with zero attached hydrogens (tertiary/aromatic N) is 2. The number of carboxylic acids is 1. The highest BCUT2D eigenvalue weighted by molar-refractivity contribution is 5.75. The van der Waals surface area contributed by atoms with E-state index in [9.17, 15) is 9.59 Å². The average Bonchev–Trinajstić information content (AvgIpc) is 3.45. The Morgan fingerprint density at radius 1 is 1.33 bits per heavy atom. The van der Waals surface area contributed by atoms with E-state index in [1.165, 1.54) is 5.56 Å². The van der Waals surface area contributed by atoms with Gasteiger partial charge in [0, 0.05) is 19.6 Å². The molecule has 1 aliphatic carbocycles. The molecule has 148 valence electrons. The third-order valence-corrected chi connectivity index (χ3v) is 5.16. The van der Waals surface area contributed by atoms with Gasteiger partial charge in [-0.3, -0.25) is 9.69 Å². The third-order valence-electron chi connectivity index (χ3n) is 5.16. The van der Waals surface area contributed by atoms with Gasteiger partial charge >= 0.3 is 12.0 Å². The van der Waals surface area contributed by atoms with Crippen LogP contribution in [0.5, 0.6) is 0 Å². The van der Waals surface area contributed by atoms with Gasteiger partial charge in [0.15, 0.2) is 0 Å². The van der Waals surface area contributed by atoms with Crippen molar-refractivity contribution in [3.8, 4) is 0 Å². The summed E-state index contributed by atoms with van der Waals surface area (Å²) in [5.74, 6) is -0.358. The minimum Gasteiger partial charge on any atom is -0.480 e. The zero-order valence-electron chi connectivity index (χ0n) is 16.1. The maximum atomic E-state index is 12.8. The maximum Gasteiger partial charge on any atom is 0.318 e. The van der Waals surface area contributed by atoms with Crippen LogP contribution in [0.4, 0.5) is 4.79 Å². The fraction of sp³-hybridized carbons (Fsp3) is 0.600. The molecule has 0 bridgehead atoms. The number of hydrogen-bond donors (Lipinski definition) is 2. The highest BCUT2D eigenvalue weighted by atomic mass is 16.5. The van der Waals surface area contributed by atoms with Gasteiger partial charge in [0.25, 0.3) is 0 Å². The van der Waals surface area contributed by atoms with Crippen molar-refractivity contribution in [3.05, 3.63) is 35.4 Å². The van der Waals surface area contributed by atoms with Gasteiger partial charge in [-0.05, 0) is 38.3 Å². The molecule has 7 heteroatoms. The van der Waals surface area contributed by atoms with Crippen LogP contribution < -0.4 is 5.32 Å². The Balaban J connectivity index is 1.57. The molecule has 1 heterocycles. The summed E-state index contributed by atoms with van der Waals surface area (Å²) < 4.78 is 5.72. The minimum atomic E-state index is -0.867. The number of carbonyl (C=O) groups excluding carboxylic acids is 1. The van der Waals surface area contributed by atoms with E-state index in [-0.39, 0.29) is 24.7 Å². The van der Waals surface area contributed by atoms with Crippen molar-refractivity contribution in [1.29, 1.82) is 0 Å². The molecule has 1 aromatic rings. The smallest absolute Gasteiger partial charge is 0.318 e. The van der Waals surface area contributed by atoms with Crippen LogP contribution in [0.15, 0.2) is 24.3 Å². The number of morpholine rings is 1. The molecule has 1 saturated carbocycles. The molecule has 2 N–H and O–H groups in total. The van der Waals surface area contributed by atoms with Crippen LogP contribution in [-0.2, 0) is 9.53 Å². The highest BCUT2D eigenvalue weighted by Crippen LogP contribution is 2.41. The third kappa shape index (κ3) is 5.68. The highest BCUT2D eigenvalue weighted by Gasteiger charge is 2.35. The van der Waals surface area contributed by atoms with Crippen molar-refractivity contribution in [2.75, 3.05) is 39.8 Å². The molecule has 2 unspecified atom stereocenters. The zero-order valence-corrected chi connectivity index (χ0v) is 16.1. The molecule has 0 aromatic heterocycles. The predicted molar refractivity (Wildman–Crippen MR) is 102 cm³/mol. The van der Waals surface area contributed by atoms with Gasteiger partial charge in [0.05, 0.1) is 25.3 Å². The van der Waals surface area contributed by atoms with E-state index in [0.717, 1.165) is 18.4 Å². The van der Waals surface area contributed by atoms with E-state index in [4.69, 9.17) is 9.84 Å². The van der Waals surface area contributed by atoms with Crippen molar-refractivity contribution in [2.45, 2.75) is 31.9 Å². The predicted octanol–water partition coefficient (Wildman–Crippen LogP) is 1.87. The van der Waals surface area contributed by atoms with E-state index in [0.29, 0.717) is 32.2 Å². The normalized spacial score (nSPS) is 21.1. The van der Waals surface area contributed by atoms with Gasteiger partial charge in [-0.2, -0.15) is 0 Å². The van der Waals surface area contributed by atoms with Crippen LogP contribution in [0.1, 0.15) is 30.0 Å². The monoisotopic (exact) mass is 375 g/mol. The molecule has 2 fully saturated rings. The van der Waals surface area contributed by atoms with E-state index >= 15 is 0 Å². The van der Waals surface area contributed by atoms with Gasteiger partial charge < -0.3 is 20.1 Å². The molecular weight excluding hydrogens is 346 g/mol. The number of ether oxygens (including phenoxy) is 1. The first-order chi connectivity index (χ1) is 12.9. The molecule has 7 nitrogen and oxygen atoms in total. The zero-order chi connectivity index (χ0) is 19.4. The van der Waals surface area contributed by atoms with Crippen molar-refractivity contribution >= 4 is 12.0 Å². The molecule has 1 aliphatic heterocycles. The fourth-order valence-electron chi connectivity index (χ4n) is 3.56. The number of urea groups is 1. The molecule has 1 saturated heterocycles. The standard InChI is InChI=1S/C20H29N3O4/c1-14-3-5-15(6-4-14)19(16-7-8-16)21-20(26)23-9-10-27-17(12-23)11-22(2)13-18(24)25/h3-6,16-17,19H,7-13H2,1-2H3,(H,21,26)(H,24,25). The quantitative estimate of drug-likeness (QED) is 0.760. The molecule has 2 aliphatic rings. The maximum absolute atomic E-state index is 12.8. The van der Waals surface area contributed by atoms with E-state index < -0.39 is 5.97 Å². The Hall–Kier alpha value is -2.12. The Morgan fingerprint density at radius 3 is 2.67 bits per heavy atom. The average molecular weight is 375 g/mol. The van der Waals surface area contributed by atoms with Gasteiger partial charge in [0.2, 0.25) is 0 Å². The molecule has 0 spiro atoms. The minimum absolute atomic E-state index is 0.0385. The van der Waals surface area contributed by atoms with Gasteiger partial charge in [-0.25, -0.2) is 4.79 Å². The number of hydrogen-bond acceptors (Lipinski definition) is 4. The summed E-state index contributed by atoms with van der Waals surface area (Å²) in [5, 5.41) is 12.1. The second kappa shape index (κ2) is 8.71. The van der Waals surface area contributed by atoms with Crippen LogP contribution >= 0.6 is 0 Å². The first-order valence-electron chi connectivity index (χ1n) is 9.56. The Morgan fingerprint density at radius 2 is 2.04 bits per heavy atom. The lowest BCUT2D eigenvalue weighted by Gasteiger charge is -2.35. The van der Waals surface area contributed by atoms with Gasteiger partial charge in [-0.15, -0.1) is 0 Å². The number of rotatable bonds is 7. The molecule has 27 heavy (non-hydrogen) atoms. The van der Waals surface area contributed by atoms with Crippen LogP contribution in [0.3, 0.4) is 0 Å². The van der Waals surface area contributed by atoms with Crippen LogP contribution in [0, 0.1) is 12.8 Å². The lowest BCUT2D eigenvalue weighted by molar-refractivity contribution is -0.138. The Kier molecular flexibility index (Phi) is 6.34. The van der Waals surface area contributed by atoms with Crippen LogP contribution in [-0.4, -0.2) is 72.8 Å². The molecule has 2 amide bonds. The topological polar surface area (TPSA) is 82.1 Å². The Bertz CT molecular complexity index is 660. The number of aliphatic carboxylic acids is 1. The number of aryl methyl sites for hydroxylation is 1. The van der Waals surface area contributed by atoms with Gasteiger partial charge in [-0.1, -0.05) is 29.8 Å². The summed E-state index contributed by atoms with van der Waals surface area (Å²) in [6.45, 7) is 4.00. The summed E-state index contributed by atoms with van der Waals surface area (Å²) in [6.07, 6.45) is 2.11. The molecule has 3 rings (SSSR count). The van der Waals surface area contributed by atoms with Crippen molar-refractivity contribution in [1.82, 2.24) is 15.1 Å². The first kappa shape index (κ1) is 19.6. The summed E-state index contributed by atoms with van der Waals surface area (Å²) in [7, 11) is 1.75. The van der Waals surface area contributed by atoms with Gasteiger partial charge in [0.1, 0.15) is 0 Å². The number of carboxylic acid groups (broad SMARTS) is 1. The number of benzene rings is 1. The lowest BCUT2D eigenvalue weighted by atomic mass is 10.0. The molecular formula is C20H29N3O4. The van der Waals surface area contributed by atoms with Crippen molar-refractivity contribution in [2.24, 2.45) is 5.92 Å². The molecule has 1 aromatic carbocycles. The van der Waals surface area contributed by atoms with E-state index in [1.807, 2.05) is 0 Å². The van der Waals surface area contributed by atoms with Crippen LogP contribution in [0.2, 0.25) is 0 Å². The number of carbonyl (C=O) groups is 2. The van der Waals surface area contributed by atoms with E-state index in [2.05, 4.69) is 36.5 Å². The van der Waals surface area contributed by atoms with E-state index in [1.54, 1.807) is 16.8 Å². The summed E-state index contributed by atoms with van der Waals surface area (Å²) in [4.78, 5) is 27.1. The van der Waals surface area contributed by atoms with Crippen molar-refractivity contribution < 1.29 is 19.4 Å². The second-order valence-corrected chi connectivity index (χ2v) is 7.70.